The number of para-hydroxylation sites is 1. The minimum atomic E-state index is -0.629. The van der Waals surface area contributed by atoms with Crippen LogP contribution in [0, 0.1) is 5.82 Å². The van der Waals surface area contributed by atoms with E-state index in [0.717, 1.165) is 46.6 Å². The van der Waals surface area contributed by atoms with Crippen molar-refractivity contribution in [2.24, 2.45) is 0 Å². The topological polar surface area (TPSA) is 52.5 Å². The molecular weight excluding hydrogens is 503 g/mol. The van der Waals surface area contributed by atoms with Crippen LogP contribution in [0.15, 0.2) is 84.9 Å². The maximum absolute atomic E-state index is 14.1. The van der Waals surface area contributed by atoms with Gasteiger partial charge in [0.25, 0.3) is 5.91 Å². The molecule has 5 nitrogen and oxygen atoms in total. The first kappa shape index (κ1) is 27.8. The Bertz CT molecular complexity index is 1440. The van der Waals surface area contributed by atoms with Gasteiger partial charge < -0.3 is 19.4 Å². The van der Waals surface area contributed by atoms with Gasteiger partial charge in [-0.05, 0) is 80.1 Å². The molecule has 5 rings (SSSR count). The molecule has 0 saturated carbocycles. The number of benzene rings is 3. The minimum Gasteiger partial charge on any atom is -0.350 e. The van der Waals surface area contributed by atoms with Crippen molar-refractivity contribution in [1.82, 2.24) is 4.57 Å². The van der Waals surface area contributed by atoms with Crippen molar-refractivity contribution in [3.8, 4) is 22.4 Å². The highest BCUT2D eigenvalue weighted by molar-refractivity contribution is 6.12. The third-order valence-corrected chi connectivity index (χ3v) is 7.30. The average Bonchev–Trinajstić information content (AvgIpc) is 3.28. The number of nitrogens with zero attached hydrogens (tertiary/aromatic N) is 1. The summed E-state index contributed by atoms with van der Waals surface area (Å²) in [5.41, 5.74) is 5.85. The number of hydrogen-bond donors (Lipinski definition) is 1. The summed E-state index contributed by atoms with van der Waals surface area (Å²) < 4.78 is 28.3. The summed E-state index contributed by atoms with van der Waals surface area (Å²) in [6, 6.07) is 26.0. The van der Waals surface area contributed by atoms with Crippen molar-refractivity contribution in [2.45, 2.75) is 64.9 Å². The summed E-state index contributed by atoms with van der Waals surface area (Å²) in [6.45, 7) is 9.39. The number of halogens is 1. The molecule has 1 aromatic heterocycles. The van der Waals surface area contributed by atoms with E-state index in [1.807, 2.05) is 74.5 Å². The van der Waals surface area contributed by atoms with E-state index in [1.165, 1.54) is 12.1 Å². The van der Waals surface area contributed by atoms with Crippen LogP contribution in [0.5, 0.6) is 0 Å². The number of amides is 1. The number of nitrogens with one attached hydrogen (secondary N) is 1. The molecule has 1 N–H and O–H groups in total. The summed E-state index contributed by atoms with van der Waals surface area (Å²) in [7, 11) is 0. The van der Waals surface area contributed by atoms with E-state index in [2.05, 4.69) is 23.7 Å². The van der Waals surface area contributed by atoms with Crippen LogP contribution < -0.4 is 5.32 Å². The van der Waals surface area contributed by atoms with Crippen molar-refractivity contribution >= 4 is 11.6 Å². The van der Waals surface area contributed by atoms with Crippen molar-refractivity contribution < 1.29 is 18.7 Å². The quantitative estimate of drug-likeness (QED) is 0.245. The molecule has 1 fully saturated rings. The Balaban J connectivity index is 1.70. The summed E-state index contributed by atoms with van der Waals surface area (Å²) in [5, 5.41) is 3.13. The Kier molecular flexibility index (Phi) is 8.19. The fraction of sp³-hybridized carbons (Fsp3) is 0.324. The maximum Gasteiger partial charge on any atom is 0.258 e. The maximum atomic E-state index is 14.1. The van der Waals surface area contributed by atoms with E-state index in [9.17, 15) is 9.18 Å². The fourth-order valence-corrected chi connectivity index (χ4v) is 5.62. The number of carbonyl (C=O) groups excluding carboxylic acids is 1. The first-order valence-corrected chi connectivity index (χ1v) is 14.0. The first-order valence-electron chi connectivity index (χ1n) is 14.0. The second-order valence-electron chi connectivity index (χ2n) is 11.0. The zero-order valence-electron chi connectivity index (χ0n) is 23.6. The molecular formula is C34H37FN2O3. The molecule has 40 heavy (non-hydrogen) atoms. The van der Waals surface area contributed by atoms with Crippen molar-refractivity contribution in [3.63, 3.8) is 0 Å². The molecule has 0 aliphatic carbocycles. The van der Waals surface area contributed by atoms with Crippen LogP contribution in [0.2, 0.25) is 0 Å². The Hall–Kier alpha value is -3.74. The zero-order chi connectivity index (χ0) is 28.3. The summed E-state index contributed by atoms with van der Waals surface area (Å²) >= 11 is 0. The molecule has 1 saturated heterocycles. The predicted octanol–water partition coefficient (Wildman–Crippen LogP) is 8.27. The van der Waals surface area contributed by atoms with Gasteiger partial charge in [-0.3, -0.25) is 4.79 Å². The second kappa shape index (κ2) is 11.8. The highest BCUT2D eigenvalue weighted by atomic mass is 19.1. The lowest BCUT2D eigenvalue weighted by molar-refractivity contribution is -0.274. The Morgan fingerprint density at radius 3 is 2.25 bits per heavy atom. The molecule has 2 heterocycles. The molecule has 0 bridgehead atoms. The van der Waals surface area contributed by atoms with E-state index in [-0.39, 0.29) is 23.7 Å². The van der Waals surface area contributed by atoms with Gasteiger partial charge >= 0.3 is 0 Å². The van der Waals surface area contributed by atoms with Gasteiger partial charge in [-0.25, -0.2) is 4.39 Å². The smallest absolute Gasteiger partial charge is 0.258 e. The molecule has 4 aromatic rings. The molecule has 0 spiro atoms. The SMILES string of the molecule is CC(C)c1c(C(=O)Nc2ccccc2)c(-c2ccccc2)c(-c2ccc(F)cc2)n1CC[C@@H]1CCOC(C)(C)O1. The van der Waals surface area contributed by atoms with Crippen LogP contribution in [0.3, 0.4) is 0 Å². The lowest BCUT2D eigenvalue weighted by Crippen LogP contribution is -2.40. The Labute approximate surface area is 235 Å². The Morgan fingerprint density at radius 1 is 0.975 bits per heavy atom. The first-order chi connectivity index (χ1) is 19.2. The normalized spacial score (nSPS) is 16.7. The molecule has 3 aromatic carbocycles. The molecule has 6 heteroatoms. The molecule has 0 unspecified atom stereocenters. The van der Waals surface area contributed by atoms with E-state index >= 15 is 0 Å². The van der Waals surface area contributed by atoms with Crippen LogP contribution in [0.4, 0.5) is 10.1 Å². The third kappa shape index (κ3) is 6.03. The molecule has 208 valence electrons. The minimum absolute atomic E-state index is 0.0222. The van der Waals surface area contributed by atoms with E-state index in [4.69, 9.17) is 9.47 Å². The number of anilines is 1. The van der Waals surface area contributed by atoms with Crippen LogP contribution in [-0.4, -0.2) is 29.0 Å². The van der Waals surface area contributed by atoms with Gasteiger partial charge in [0.15, 0.2) is 5.79 Å². The number of carbonyl (C=O) groups is 1. The molecule has 1 amide bonds. The van der Waals surface area contributed by atoms with E-state index < -0.39 is 5.79 Å². The number of hydrogen-bond acceptors (Lipinski definition) is 3. The number of rotatable bonds is 8. The van der Waals surface area contributed by atoms with Crippen LogP contribution in [0.1, 0.15) is 62.5 Å². The van der Waals surface area contributed by atoms with Gasteiger partial charge in [-0.15, -0.1) is 0 Å². The summed E-state index contributed by atoms with van der Waals surface area (Å²) in [4.78, 5) is 14.1. The highest BCUT2D eigenvalue weighted by Gasteiger charge is 2.33. The number of ether oxygens (including phenoxy) is 2. The van der Waals surface area contributed by atoms with Crippen LogP contribution in [0.25, 0.3) is 22.4 Å². The molecule has 0 radical (unpaired) electrons. The predicted molar refractivity (Wildman–Crippen MR) is 158 cm³/mol. The lowest BCUT2D eigenvalue weighted by Gasteiger charge is -2.36. The summed E-state index contributed by atoms with van der Waals surface area (Å²) in [6.07, 6.45) is 1.58. The standard InChI is InChI=1S/C34H37FN2O3/c1-23(2)31-30(33(38)36-27-13-9-6-10-14-27)29(24-11-7-5-8-12-24)32(25-15-17-26(35)18-16-25)37(31)21-19-28-20-22-39-34(3,4)40-28/h5-18,23,28H,19-22H2,1-4H3,(H,36,38)/t28-/m1/s1. The lowest BCUT2D eigenvalue weighted by atomic mass is 9.94. The van der Waals surface area contributed by atoms with Gasteiger partial charge in [0.05, 0.1) is 24.0 Å². The Morgan fingerprint density at radius 2 is 1.62 bits per heavy atom. The molecule has 1 atom stereocenters. The van der Waals surface area contributed by atoms with E-state index in [1.54, 1.807) is 12.1 Å². The third-order valence-electron chi connectivity index (χ3n) is 7.30. The number of aromatic nitrogens is 1. The van der Waals surface area contributed by atoms with Gasteiger partial charge in [-0.2, -0.15) is 0 Å². The van der Waals surface area contributed by atoms with Crippen LogP contribution >= 0.6 is 0 Å². The molecule has 1 aliphatic rings. The summed E-state index contributed by atoms with van der Waals surface area (Å²) in [5.74, 6) is -1.05. The average molecular weight is 541 g/mol. The zero-order valence-corrected chi connectivity index (χ0v) is 23.6. The largest absolute Gasteiger partial charge is 0.350 e. The van der Waals surface area contributed by atoms with Gasteiger partial charge in [0.2, 0.25) is 0 Å². The van der Waals surface area contributed by atoms with Gasteiger partial charge in [0.1, 0.15) is 5.82 Å². The van der Waals surface area contributed by atoms with Crippen LogP contribution in [-0.2, 0) is 16.0 Å². The van der Waals surface area contributed by atoms with Gasteiger partial charge in [-0.1, -0.05) is 62.4 Å². The van der Waals surface area contributed by atoms with Crippen molar-refractivity contribution in [1.29, 1.82) is 0 Å². The van der Waals surface area contributed by atoms with Crippen molar-refractivity contribution in [3.05, 3.63) is 102 Å². The second-order valence-corrected chi connectivity index (χ2v) is 11.0. The molecule has 1 aliphatic heterocycles. The van der Waals surface area contributed by atoms with Crippen molar-refractivity contribution in [2.75, 3.05) is 11.9 Å². The fourth-order valence-electron chi connectivity index (χ4n) is 5.62. The highest BCUT2D eigenvalue weighted by Crippen LogP contribution is 2.43. The van der Waals surface area contributed by atoms with E-state index in [0.29, 0.717) is 18.7 Å². The monoisotopic (exact) mass is 540 g/mol. The van der Waals surface area contributed by atoms with Gasteiger partial charge in [0, 0.05) is 23.5 Å².